The Morgan fingerprint density at radius 1 is 0.522 bits per heavy atom. The van der Waals surface area contributed by atoms with Crippen molar-refractivity contribution in [3.05, 3.63) is 196 Å². The first kappa shape index (κ1) is 71.4. The largest absolute Gasteiger partial charge is 2.00 e. The summed E-state index contributed by atoms with van der Waals surface area (Å²) in [7, 11) is -4.94. The van der Waals surface area contributed by atoms with Gasteiger partial charge in [0.1, 0.15) is 0 Å². The van der Waals surface area contributed by atoms with E-state index >= 15 is 0 Å². The number of ether oxygens (including phenoxy) is 8. The fourth-order valence-electron chi connectivity index (χ4n) is 13.5. The normalized spacial score (nSPS) is 33.6. The van der Waals surface area contributed by atoms with Crippen LogP contribution < -0.4 is 18.6 Å². The van der Waals surface area contributed by atoms with Crippen LogP contribution in [0.2, 0.25) is 0 Å². The molecule has 7 aliphatic rings. The number of hydrogen-bond donors (Lipinski definition) is 0. The van der Waals surface area contributed by atoms with Crippen molar-refractivity contribution in [3.8, 4) is 0 Å². The van der Waals surface area contributed by atoms with Crippen LogP contribution in [0.15, 0.2) is 183 Å². The van der Waals surface area contributed by atoms with E-state index in [1.165, 1.54) is 0 Å². The number of nitrogens with zero attached hydrogens (tertiary/aromatic N) is 4. The summed E-state index contributed by atoms with van der Waals surface area (Å²) in [4.78, 5) is 17.1. The van der Waals surface area contributed by atoms with Gasteiger partial charge in [-0.3, -0.25) is 15.0 Å². The number of allylic oxidation sites excluding steroid dienone is 6. The van der Waals surface area contributed by atoms with E-state index in [1.807, 2.05) is 24.3 Å². The number of rotatable bonds is 18. The molecule has 7 heterocycles. The monoisotopic (exact) mass is 1330 g/mol. The Bertz CT molecular complexity index is 3340. The van der Waals surface area contributed by atoms with Gasteiger partial charge in [-0.05, 0) is 103 Å². The van der Waals surface area contributed by atoms with Crippen LogP contribution in [0, 0.1) is 31.9 Å². The van der Waals surface area contributed by atoms with E-state index < -0.39 is 38.0 Å². The average Bonchev–Trinajstić information content (AvgIpc) is 1.56. The molecule has 0 radical (unpaired) electrons. The molecule has 3 saturated heterocycles. The fourth-order valence-corrected chi connectivity index (χ4v) is 13.5. The minimum Gasteiger partial charge on any atom is -0.664 e. The molecular formula is C74H93ClN4O12Zn. The molecule has 0 aliphatic carbocycles. The van der Waals surface area contributed by atoms with Gasteiger partial charge in [0.25, 0.3) is 0 Å². The van der Waals surface area contributed by atoms with E-state index in [4.69, 9.17) is 76.8 Å². The summed E-state index contributed by atoms with van der Waals surface area (Å²) in [6, 6.07) is 41.3. The molecule has 16 nitrogen and oxygen atoms in total. The number of fused-ring (bicyclic) bond motifs is 5. The maximum absolute atomic E-state index is 8.49. The zero-order valence-electron chi connectivity index (χ0n) is 55.8. The smallest absolute Gasteiger partial charge is 0.664 e. The van der Waals surface area contributed by atoms with E-state index in [9.17, 15) is 0 Å². The van der Waals surface area contributed by atoms with E-state index in [0.29, 0.717) is 78.2 Å². The first-order valence-corrected chi connectivity index (χ1v) is 33.4. The molecule has 3 fully saturated rings. The molecule has 18 heteroatoms. The Balaban J connectivity index is 0.00000160. The van der Waals surface area contributed by atoms with Crippen LogP contribution in [-0.4, -0.2) is 96.4 Å². The third kappa shape index (κ3) is 18.3. The van der Waals surface area contributed by atoms with Crippen molar-refractivity contribution in [1.82, 2.24) is 0 Å². The van der Waals surface area contributed by atoms with Crippen molar-refractivity contribution in [2.24, 2.45) is 36.6 Å². The van der Waals surface area contributed by atoms with Crippen LogP contribution in [-0.2, 0) is 83.8 Å². The molecule has 0 spiro atoms. The fraction of sp³-hybridized carbons (Fsp3) is 0.527. The number of hydrogen-bond acceptors (Lipinski definition) is 15. The maximum atomic E-state index is 8.49. The second kappa shape index (κ2) is 29.6. The van der Waals surface area contributed by atoms with Gasteiger partial charge < -0.3 is 43.2 Å². The van der Waals surface area contributed by atoms with E-state index in [2.05, 4.69) is 204 Å². The van der Waals surface area contributed by atoms with Crippen LogP contribution in [0.4, 0.5) is 0 Å². The molecule has 7 aliphatic heterocycles. The molecule has 3 unspecified atom stereocenters. The molecule has 0 aromatic heterocycles. The zero-order chi connectivity index (χ0) is 65.0. The van der Waals surface area contributed by atoms with Crippen molar-refractivity contribution >= 4 is 17.1 Å². The minimum atomic E-state index is -4.94. The molecular weight excluding hydrogens is 1240 g/mol. The van der Waals surface area contributed by atoms with Crippen molar-refractivity contribution in [2.75, 3.05) is 13.2 Å². The summed E-state index contributed by atoms with van der Waals surface area (Å²) in [5.41, 5.74) is 8.05. The van der Waals surface area contributed by atoms with Crippen molar-refractivity contribution < 1.29 is 86.3 Å². The quantitative estimate of drug-likeness (QED) is 0.0850. The number of aliphatic imine (C=N–C) groups is 3. The topological polar surface area (TPSA) is 217 Å². The second-order valence-corrected chi connectivity index (χ2v) is 29.7. The molecule has 4 aromatic rings. The summed E-state index contributed by atoms with van der Waals surface area (Å²) in [5, 5.41) is 5.73. The summed E-state index contributed by atoms with van der Waals surface area (Å²) in [5.74, 6) is 0. The van der Waals surface area contributed by atoms with Crippen LogP contribution in [0.25, 0.3) is 5.32 Å². The first-order chi connectivity index (χ1) is 43.0. The van der Waals surface area contributed by atoms with Crippen LogP contribution in [0.3, 0.4) is 0 Å². The predicted molar refractivity (Wildman–Crippen MR) is 342 cm³/mol. The summed E-state index contributed by atoms with van der Waals surface area (Å²) in [6.07, 6.45) is 10.7. The maximum Gasteiger partial charge on any atom is 2.00 e. The molecule has 4 aromatic carbocycles. The standard InChI is InChI=1S/C74H93N4O8.ClHO4.Zn/c1-49-59(79-43-51-25-17-13-18-26-51)36-61(81-45-53-29-21-15-22-30-53)67(85-49)73(11)41-56-33-55-39-72(10,48-84-70(6,7)8)64(75-55)38-66-74(12,42-58(78-66)34-63-71(9,47-83-69(3,4)5)40-57(76-63)35-65(73)77-56)68-62(82-46-54-31-23-16-24-32-54)37-60(50(2)86-68)80-44-52-27-19-14-20-28-52;2-1(3,4)5;/h13-35,38,49-50,59-62,65,67-68H,36-37,39-48H2,1-12H3;(H,2,3,4,5);/q-1;;+2/p-1/b55-33-,57-35-,58-34-,66-38-;;/t49-,50-,59-,60-,61-,62-,65?,67-,68-,71?,72?,73+,74+;;/m1../s1. The van der Waals surface area contributed by atoms with Gasteiger partial charge in [-0.15, -0.1) is 15.9 Å². The third-order valence-corrected chi connectivity index (χ3v) is 18.6. The predicted octanol–water partition coefficient (Wildman–Crippen LogP) is 10.8. The first-order valence-electron chi connectivity index (χ1n) is 32.2. The molecule has 0 N–H and O–H groups in total. The molecule has 0 amide bonds. The summed E-state index contributed by atoms with van der Waals surface area (Å²) >= 11 is 0. The SMILES string of the molecule is C[C@H]1O[C@@H]([C@@]2(C)C/C3=C/C4=NC(=C\C5N=C(/C=C6/CC(C)(COC(C)(C)C)C(=N6)/C=C/2[N-]3)C[C@]5(C)[C@@H]2O[C@H](C)[C@H](OCc3ccccc3)C[C@H]2OCc2ccccc2)/CC4(C)COC(C)(C)C)[C@H](OCc2ccccc2)C[C@H]1OCc1ccccc1.[O-][Cl+3]([O-])([O-])[O-].[Zn+2]. The van der Waals surface area contributed by atoms with E-state index in [1.54, 1.807) is 0 Å². The molecule has 0 saturated carbocycles. The Labute approximate surface area is 560 Å². The third-order valence-electron chi connectivity index (χ3n) is 18.6. The Morgan fingerprint density at radius 2 is 0.913 bits per heavy atom. The van der Waals surface area contributed by atoms with Gasteiger partial charge in [-0.2, -0.15) is 5.70 Å². The zero-order valence-corrected chi connectivity index (χ0v) is 59.5. The van der Waals surface area contributed by atoms with Gasteiger partial charge in [0.05, 0.1) is 106 Å². The Hall–Kier alpha value is -4.92. The van der Waals surface area contributed by atoms with Crippen LogP contribution in [0.5, 0.6) is 0 Å². The second-order valence-electron chi connectivity index (χ2n) is 28.9. The van der Waals surface area contributed by atoms with Gasteiger partial charge in [0.2, 0.25) is 0 Å². The van der Waals surface area contributed by atoms with Crippen LogP contribution in [0.1, 0.15) is 144 Å². The average molecular weight is 1330 g/mol. The summed E-state index contributed by atoms with van der Waals surface area (Å²) in [6.45, 7) is 29.0. The number of halogens is 1. The van der Waals surface area contributed by atoms with Crippen molar-refractivity contribution in [3.63, 3.8) is 0 Å². The summed E-state index contributed by atoms with van der Waals surface area (Å²) < 4.78 is 89.9. The Kier molecular flexibility index (Phi) is 23.0. The van der Waals surface area contributed by atoms with Crippen molar-refractivity contribution in [2.45, 2.75) is 214 Å². The minimum absolute atomic E-state index is 0. The van der Waals surface area contributed by atoms with Gasteiger partial charge in [-0.25, -0.2) is 18.6 Å². The van der Waals surface area contributed by atoms with Gasteiger partial charge in [0.15, 0.2) is 0 Å². The Morgan fingerprint density at radius 3 is 1.36 bits per heavy atom. The van der Waals surface area contributed by atoms with Crippen molar-refractivity contribution in [1.29, 1.82) is 0 Å². The van der Waals surface area contributed by atoms with E-state index in [0.717, 1.165) is 62.2 Å². The van der Waals surface area contributed by atoms with Gasteiger partial charge in [0, 0.05) is 75.9 Å². The molecule has 13 atom stereocenters. The number of benzene rings is 4. The molecule has 490 valence electrons. The molecule has 11 rings (SSSR count). The van der Waals surface area contributed by atoms with Gasteiger partial charge in [-0.1, -0.05) is 161 Å². The molecule has 92 heavy (non-hydrogen) atoms. The molecule has 8 bridgehead atoms. The van der Waals surface area contributed by atoms with Gasteiger partial charge >= 0.3 is 19.5 Å². The van der Waals surface area contributed by atoms with E-state index in [-0.39, 0.29) is 79.4 Å². The van der Waals surface area contributed by atoms with Crippen LogP contribution >= 0.6 is 0 Å².